The van der Waals surface area contributed by atoms with Crippen LogP contribution >= 0.6 is 23.2 Å². The molecule has 6 heteroatoms. The Morgan fingerprint density at radius 2 is 1.85 bits per heavy atom. The molecule has 0 aliphatic heterocycles. The van der Waals surface area contributed by atoms with Gasteiger partial charge in [0.25, 0.3) is 0 Å². The Kier molecular flexibility index (Phi) is 5.01. The molecule has 0 fully saturated rings. The minimum absolute atomic E-state index is 0.574. The minimum atomic E-state index is 0.574. The van der Waals surface area contributed by atoms with Gasteiger partial charge in [0.05, 0.1) is 13.7 Å². The molecule has 0 unspecified atom stereocenters. The quantitative estimate of drug-likeness (QED) is 0.453. The zero-order chi connectivity index (χ0) is 18.8. The number of ether oxygens (including phenoxy) is 1. The molecule has 2 aromatic carbocycles. The number of hydrogen-bond donors (Lipinski definition) is 0. The van der Waals surface area contributed by atoms with Gasteiger partial charge in [-0.05, 0) is 42.0 Å². The molecule has 0 aliphatic rings. The molecule has 27 heavy (non-hydrogen) atoms. The first-order valence-corrected chi connectivity index (χ1v) is 9.27. The molecule has 0 saturated heterocycles. The first kappa shape index (κ1) is 17.8. The zero-order valence-corrected chi connectivity index (χ0v) is 16.2. The summed E-state index contributed by atoms with van der Waals surface area (Å²) < 4.78 is 7.59. The highest BCUT2D eigenvalue weighted by Crippen LogP contribution is 2.27. The molecule has 0 spiro atoms. The lowest BCUT2D eigenvalue weighted by Crippen LogP contribution is -2.07. The van der Waals surface area contributed by atoms with Crippen LogP contribution in [-0.4, -0.2) is 21.6 Å². The van der Waals surface area contributed by atoms with Crippen molar-refractivity contribution in [3.63, 3.8) is 0 Å². The maximum Gasteiger partial charge on any atom is 0.160 e. The minimum Gasteiger partial charge on any atom is -0.496 e. The van der Waals surface area contributed by atoms with Gasteiger partial charge >= 0.3 is 0 Å². The van der Waals surface area contributed by atoms with Gasteiger partial charge in [-0.15, -0.1) is 0 Å². The molecule has 0 amide bonds. The van der Waals surface area contributed by atoms with E-state index in [1.54, 1.807) is 13.3 Å². The van der Waals surface area contributed by atoms with Crippen molar-refractivity contribution in [2.24, 2.45) is 0 Å². The molecule has 0 radical (unpaired) electrons. The van der Waals surface area contributed by atoms with Crippen LogP contribution in [0.15, 0.2) is 60.8 Å². The second kappa shape index (κ2) is 7.59. The lowest BCUT2D eigenvalue weighted by molar-refractivity contribution is 0.410. The first-order valence-electron chi connectivity index (χ1n) is 8.51. The van der Waals surface area contributed by atoms with Crippen LogP contribution < -0.4 is 4.74 Å². The third-order valence-corrected chi connectivity index (χ3v) is 5.06. The van der Waals surface area contributed by atoms with E-state index in [1.165, 1.54) is 0 Å². The van der Waals surface area contributed by atoms with Gasteiger partial charge in [-0.2, -0.15) is 0 Å². The first-order chi connectivity index (χ1) is 13.2. The zero-order valence-electron chi connectivity index (χ0n) is 14.7. The average Bonchev–Trinajstić information content (AvgIpc) is 3.01. The SMILES string of the molecule is COc1ccc(Cl)cc1Cc1nc2cccnc2n1Cc1ccccc1Cl. The van der Waals surface area contributed by atoms with E-state index in [-0.39, 0.29) is 0 Å². The Labute approximate surface area is 167 Å². The number of methoxy groups -OCH3 is 1. The van der Waals surface area contributed by atoms with Crippen LogP contribution in [0.5, 0.6) is 5.75 Å². The summed E-state index contributed by atoms with van der Waals surface area (Å²) in [6, 6.07) is 17.3. The van der Waals surface area contributed by atoms with Crippen molar-refractivity contribution >= 4 is 34.4 Å². The van der Waals surface area contributed by atoms with Crippen molar-refractivity contribution in [3.05, 3.63) is 87.8 Å². The standard InChI is InChI=1S/C21H17Cl2N3O/c1-27-19-9-8-16(22)11-15(19)12-20-25-18-7-4-10-24-21(18)26(20)13-14-5-2-3-6-17(14)23/h2-11H,12-13H2,1H3. The largest absolute Gasteiger partial charge is 0.496 e. The van der Waals surface area contributed by atoms with Gasteiger partial charge in [-0.25, -0.2) is 9.97 Å². The van der Waals surface area contributed by atoms with Crippen molar-refractivity contribution in [3.8, 4) is 5.75 Å². The topological polar surface area (TPSA) is 39.9 Å². The van der Waals surface area contributed by atoms with Crippen molar-refractivity contribution in [2.45, 2.75) is 13.0 Å². The molecule has 4 rings (SSSR count). The number of aromatic nitrogens is 3. The highest BCUT2D eigenvalue weighted by Gasteiger charge is 2.16. The van der Waals surface area contributed by atoms with E-state index in [1.807, 2.05) is 54.6 Å². The Bertz CT molecular complexity index is 1110. The maximum absolute atomic E-state index is 6.38. The fourth-order valence-corrected chi connectivity index (χ4v) is 3.55. The fraction of sp³-hybridized carbons (Fsp3) is 0.143. The monoisotopic (exact) mass is 397 g/mol. The molecule has 4 aromatic rings. The maximum atomic E-state index is 6.38. The number of imidazole rings is 1. The van der Waals surface area contributed by atoms with E-state index >= 15 is 0 Å². The van der Waals surface area contributed by atoms with E-state index in [0.717, 1.165) is 38.9 Å². The summed E-state index contributed by atoms with van der Waals surface area (Å²) in [5.41, 5.74) is 3.66. The molecule has 136 valence electrons. The van der Waals surface area contributed by atoms with Gasteiger partial charge in [0.1, 0.15) is 17.1 Å². The predicted octanol–water partition coefficient (Wildman–Crippen LogP) is 5.39. The molecule has 0 bridgehead atoms. The summed E-state index contributed by atoms with van der Waals surface area (Å²) in [6.07, 6.45) is 2.35. The van der Waals surface area contributed by atoms with Gasteiger partial charge < -0.3 is 9.30 Å². The third kappa shape index (κ3) is 3.64. The van der Waals surface area contributed by atoms with Crippen LogP contribution in [0.3, 0.4) is 0 Å². The number of halogens is 2. The van der Waals surface area contributed by atoms with Gasteiger partial charge in [0, 0.05) is 28.2 Å². The normalized spacial score (nSPS) is 11.1. The van der Waals surface area contributed by atoms with Crippen molar-refractivity contribution < 1.29 is 4.74 Å². The van der Waals surface area contributed by atoms with Crippen LogP contribution in [0, 0.1) is 0 Å². The van der Waals surface area contributed by atoms with Crippen molar-refractivity contribution in [1.29, 1.82) is 0 Å². The number of rotatable bonds is 5. The summed E-state index contributed by atoms with van der Waals surface area (Å²) in [5.74, 6) is 1.66. The van der Waals surface area contributed by atoms with E-state index in [2.05, 4.69) is 9.55 Å². The van der Waals surface area contributed by atoms with Gasteiger partial charge in [0.15, 0.2) is 5.65 Å². The molecule has 0 saturated carbocycles. The van der Waals surface area contributed by atoms with Gasteiger partial charge in [-0.1, -0.05) is 41.4 Å². The molecule has 0 N–H and O–H groups in total. The Morgan fingerprint density at radius 3 is 2.67 bits per heavy atom. The van der Waals surface area contributed by atoms with Gasteiger partial charge in [-0.3, -0.25) is 0 Å². The van der Waals surface area contributed by atoms with Gasteiger partial charge in [0.2, 0.25) is 0 Å². The molecular formula is C21H17Cl2N3O. The Balaban J connectivity index is 1.81. The van der Waals surface area contributed by atoms with E-state index in [0.29, 0.717) is 18.0 Å². The van der Waals surface area contributed by atoms with Crippen LogP contribution in [0.4, 0.5) is 0 Å². The number of hydrogen-bond acceptors (Lipinski definition) is 3. The lowest BCUT2D eigenvalue weighted by Gasteiger charge is -2.12. The van der Waals surface area contributed by atoms with E-state index < -0.39 is 0 Å². The van der Waals surface area contributed by atoms with Crippen LogP contribution in [-0.2, 0) is 13.0 Å². The van der Waals surface area contributed by atoms with Crippen molar-refractivity contribution in [1.82, 2.24) is 14.5 Å². The summed E-state index contributed by atoms with van der Waals surface area (Å²) in [4.78, 5) is 9.33. The van der Waals surface area contributed by atoms with E-state index in [4.69, 9.17) is 32.9 Å². The van der Waals surface area contributed by atoms with Crippen LogP contribution in [0.1, 0.15) is 17.0 Å². The number of nitrogens with zero attached hydrogens (tertiary/aromatic N) is 3. The Hall–Kier alpha value is -2.56. The summed E-state index contributed by atoms with van der Waals surface area (Å²) in [5, 5.41) is 1.39. The van der Waals surface area contributed by atoms with Crippen LogP contribution in [0.2, 0.25) is 10.0 Å². The predicted molar refractivity (Wildman–Crippen MR) is 109 cm³/mol. The second-order valence-electron chi connectivity index (χ2n) is 6.18. The summed E-state index contributed by atoms with van der Waals surface area (Å²) >= 11 is 12.6. The fourth-order valence-electron chi connectivity index (χ4n) is 3.16. The highest BCUT2D eigenvalue weighted by atomic mass is 35.5. The molecular weight excluding hydrogens is 381 g/mol. The number of benzene rings is 2. The van der Waals surface area contributed by atoms with Crippen LogP contribution in [0.25, 0.3) is 11.2 Å². The van der Waals surface area contributed by atoms with Crippen molar-refractivity contribution in [2.75, 3.05) is 7.11 Å². The smallest absolute Gasteiger partial charge is 0.160 e. The third-order valence-electron chi connectivity index (χ3n) is 4.46. The molecule has 2 aromatic heterocycles. The average molecular weight is 398 g/mol. The molecule has 0 atom stereocenters. The number of fused-ring (bicyclic) bond motifs is 1. The highest BCUT2D eigenvalue weighted by molar-refractivity contribution is 6.31. The molecule has 4 nitrogen and oxygen atoms in total. The summed E-state index contributed by atoms with van der Waals surface area (Å²) in [6.45, 7) is 0.589. The molecule has 0 aliphatic carbocycles. The summed E-state index contributed by atoms with van der Waals surface area (Å²) in [7, 11) is 1.65. The second-order valence-corrected chi connectivity index (χ2v) is 7.03. The molecule has 2 heterocycles. The van der Waals surface area contributed by atoms with E-state index in [9.17, 15) is 0 Å². The lowest BCUT2D eigenvalue weighted by atomic mass is 10.1. The Morgan fingerprint density at radius 1 is 1.00 bits per heavy atom. The number of pyridine rings is 1.